The zero-order valence-corrected chi connectivity index (χ0v) is 14.8. The molecule has 0 saturated carbocycles. The Morgan fingerprint density at radius 2 is 1.96 bits per heavy atom. The number of nitrogens with one attached hydrogen (secondary N) is 1. The van der Waals surface area contributed by atoms with E-state index in [9.17, 15) is 24.1 Å². The number of carbonyl (C=O) groups is 2. The molecule has 0 spiro atoms. The van der Waals surface area contributed by atoms with Gasteiger partial charge in [-0.1, -0.05) is 11.6 Å². The summed E-state index contributed by atoms with van der Waals surface area (Å²) >= 11 is 5.88. The van der Waals surface area contributed by atoms with Gasteiger partial charge in [-0.05, 0) is 36.8 Å². The highest BCUT2D eigenvalue weighted by molar-refractivity contribution is 6.31. The molecular weight excluding hydrogens is 383 g/mol. The molecule has 2 aromatic rings. The molecule has 0 heterocycles. The van der Waals surface area contributed by atoms with Gasteiger partial charge in [0.05, 0.1) is 10.6 Å². The number of nitro groups is 1. The fourth-order valence-corrected chi connectivity index (χ4v) is 2.06. The van der Waals surface area contributed by atoms with Crippen LogP contribution in [0.4, 0.5) is 15.8 Å². The van der Waals surface area contributed by atoms with Crippen molar-refractivity contribution in [3.8, 4) is 5.75 Å². The molecule has 0 aliphatic carbocycles. The van der Waals surface area contributed by atoms with Crippen molar-refractivity contribution in [1.82, 2.24) is 0 Å². The zero-order valence-electron chi connectivity index (χ0n) is 14.0. The summed E-state index contributed by atoms with van der Waals surface area (Å²) in [5, 5.41) is 13.3. The minimum atomic E-state index is -0.860. The quantitative estimate of drug-likeness (QED) is 0.437. The molecule has 27 heavy (non-hydrogen) atoms. The van der Waals surface area contributed by atoms with Crippen LogP contribution < -0.4 is 10.1 Å². The maximum atomic E-state index is 13.6. The first kappa shape index (κ1) is 20.1. The summed E-state index contributed by atoms with van der Waals surface area (Å²) in [5.41, 5.74) is -0.0191. The molecule has 2 rings (SSSR count). The number of aryl methyl sites for hydroxylation is 1. The minimum absolute atomic E-state index is 0.391. The fourth-order valence-electron chi connectivity index (χ4n) is 1.95. The van der Waals surface area contributed by atoms with Crippen LogP contribution in [-0.4, -0.2) is 30.0 Å². The highest BCUT2D eigenvalue weighted by Gasteiger charge is 2.14. The smallest absolute Gasteiger partial charge is 0.344 e. The number of non-ortho nitro benzene ring substituents is 1. The van der Waals surface area contributed by atoms with Crippen molar-refractivity contribution < 1.29 is 28.4 Å². The summed E-state index contributed by atoms with van der Waals surface area (Å²) in [5.74, 6) is -2.14. The number of ether oxygens (including phenoxy) is 2. The third-order valence-corrected chi connectivity index (χ3v) is 3.71. The number of anilines is 1. The predicted octanol–water partition coefficient (Wildman–Crippen LogP) is 3.26. The van der Waals surface area contributed by atoms with Gasteiger partial charge in [-0.25, -0.2) is 9.18 Å². The number of hydrogen-bond donors (Lipinski definition) is 1. The first-order valence-electron chi connectivity index (χ1n) is 7.54. The highest BCUT2D eigenvalue weighted by atomic mass is 35.5. The average molecular weight is 397 g/mol. The number of amides is 1. The molecule has 0 unspecified atom stereocenters. The second-order valence-electron chi connectivity index (χ2n) is 5.33. The molecule has 10 heteroatoms. The van der Waals surface area contributed by atoms with Crippen molar-refractivity contribution in [2.24, 2.45) is 0 Å². The van der Waals surface area contributed by atoms with Crippen LogP contribution in [0, 0.1) is 22.9 Å². The topological polar surface area (TPSA) is 108 Å². The van der Waals surface area contributed by atoms with Gasteiger partial charge in [0.25, 0.3) is 11.6 Å². The summed E-state index contributed by atoms with van der Waals surface area (Å²) in [4.78, 5) is 33.3. The number of carbonyl (C=O) groups excluding carboxylic acids is 2. The lowest BCUT2D eigenvalue weighted by atomic mass is 10.2. The van der Waals surface area contributed by atoms with Gasteiger partial charge in [-0.3, -0.25) is 14.9 Å². The van der Waals surface area contributed by atoms with Gasteiger partial charge in [-0.2, -0.15) is 0 Å². The van der Waals surface area contributed by atoms with Crippen LogP contribution in [-0.2, 0) is 14.3 Å². The maximum absolute atomic E-state index is 13.6. The number of benzene rings is 2. The van der Waals surface area contributed by atoms with E-state index in [-0.39, 0.29) is 0 Å². The second-order valence-corrected chi connectivity index (χ2v) is 5.74. The molecule has 0 radical (unpaired) electrons. The van der Waals surface area contributed by atoms with E-state index in [1.54, 1.807) is 25.1 Å². The summed E-state index contributed by atoms with van der Waals surface area (Å²) < 4.78 is 23.5. The fraction of sp³-hybridized carbons (Fsp3) is 0.176. The second kappa shape index (κ2) is 8.95. The molecule has 0 fully saturated rings. The standard InChI is InChI=1S/C17H14ClFN2O6/c1-10-6-12(3-4-13(10)18)26-9-17(23)27-8-16(22)20-15-7-11(21(24)25)2-5-14(15)19/h2-7H,8-9H2,1H3,(H,20,22). The van der Waals surface area contributed by atoms with Crippen LogP contribution in [0.3, 0.4) is 0 Å². The van der Waals surface area contributed by atoms with Gasteiger partial charge in [0.15, 0.2) is 13.2 Å². The Labute approximate surface area is 158 Å². The summed E-state index contributed by atoms with van der Waals surface area (Å²) in [6.07, 6.45) is 0. The van der Waals surface area contributed by atoms with Crippen molar-refractivity contribution in [3.05, 3.63) is 62.9 Å². The molecular formula is C17H14ClFN2O6. The van der Waals surface area contributed by atoms with Crippen molar-refractivity contribution >= 4 is 34.9 Å². The minimum Gasteiger partial charge on any atom is -0.482 e. The van der Waals surface area contributed by atoms with Crippen LogP contribution in [0.1, 0.15) is 5.56 Å². The van der Waals surface area contributed by atoms with Crippen molar-refractivity contribution in [3.63, 3.8) is 0 Å². The largest absolute Gasteiger partial charge is 0.482 e. The Kier molecular flexibility index (Phi) is 6.67. The van der Waals surface area contributed by atoms with E-state index in [1.165, 1.54) is 0 Å². The van der Waals surface area contributed by atoms with Crippen LogP contribution in [0.2, 0.25) is 5.02 Å². The van der Waals surface area contributed by atoms with E-state index < -0.39 is 47.2 Å². The van der Waals surface area contributed by atoms with Gasteiger partial charge in [0.2, 0.25) is 0 Å². The molecule has 142 valence electrons. The Balaban J connectivity index is 1.82. The van der Waals surface area contributed by atoms with Gasteiger partial charge in [-0.15, -0.1) is 0 Å². The van der Waals surface area contributed by atoms with Crippen molar-refractivity contribution in [1.29, 1.82) is 0 Å². The molecule has 1 amide bonds. The Morgan fingerprint density at radius 1 is 1.22 bits per heavy atom. The third kappa shape index (κ3) is 5.93. The van der Waals surface area contributed by atoms with E-state index >= 15 is 0 Å². The Hall–Kier alpha value is -3.20. The van der Waals surface area contributed by atoms with Crippen LogP contribution in [0.15, 0.2) is 36.4 Å². The normalized spacial score (nSPS) is 10.2. The predicted molar refractivity (Wildman–Crippen MR) is 94.3 cm³/mol. The average Bonchev–Trinajstić information content (AvgIpc) is 2.62. The Morgan fingerprint density at radius 3 is 2.63 bits per heavy atom. The molecule has 0 bridgehead atoms. The zero-order chi connectivity index (χ0) is 20.0. The number of hydrogen-bond acceptors (Lipinski definition) is 6. The van der Waals surface area contributed by atoms with Gasteiger partial charge in [0, 0.05) is 17.2 Å². The lowest BCUT2D eigenvalue weighted by Gasteiger charge is -2.09. The number of rotatable bonds is 7. The summed E-state index contributed by atoms with van der Waals surface area (Å²) in [6, 6.07) is 7.48. The van der Waals surface area contributed by atoms with E-state index in [0.29, 0.717) is 10.8 Å². The van der Waals surface area contributed by atoms with E-state index in [4.69, 9.17) is 21.1 Å². The first-order valence-corrected chi connectivity index (χ1v) is 7.92. The SMILES string of the molecule is Cc1cc(OCC(=O)OCC(=O)Nc2cc([N+](=O)[O-])ccc2F)ccc1Cl. The molecule has 0 saturated heterocycles. The number of esters is 1. The van der Waals surface area contributed by atoms with Gasteiger partial charge in [0.1, 0.15) is 11.6 Å². The lowest BCUT2D eigenvalue weighted by molar-refractivity contribution is -0.384. The highest BCUT2D eigenvalue weighted by Crippen LogP contribution is 2.22. The molecule has 2 aromatic carbocycles. The third-order valence-electron chi connectivity index (χ3n) is 3.29. The molecule has 0 aromatic heterocycles. The number of halogens is 2. The molecule has 8 nitrogen and oxygen atoms in total. The van der Waals surface area contributed by atoms with E-state index in [1.807, 2.05) is 0 Å². The monoisotopic (exact) mass is 396 g/mol. The molecule has 1 N–H and O–H groups in total. The van der Waals surface area contributed by atoms with E-state index in [0.717, 1.165) is 23.8 Å². The summed E-state index contributed by atoms with van der Waals surface area (Å²) in [6.45, 7) is 0.619. The molecule has 0 aliphatic heterocycles. The van der Waals surface area contributed by atoms with Gasteiger partial charge < -0.3 is 14.8 Å². The van der Waals surface area contributed by atoms with Crippen molar-refractivity contribution in [2.45, 2.75) is 6.92 Å². The number of nitrogens with zero attached hydrogens (tertiary/aromatic N) is 1. The summed E-state index contributed by atoms with van der Waals surface area (Å²) in [7, 11) is 0. The number of nitro benzene ring substituents is 1. The van der Waals surface area contributed by atoms with Gasteiger partial charge >= 0.3 is 5.97 Å². The van der Waals surface area contributed by atoms with Crippen LogP contribution in [0.5, 0.6) is 5.75 Å². The molecule has 0 atom stereocenters. The Bertz CT molecular complexity index is 890. The van der Waals surface area contributed by atoms with Crippen LogP contribution in [0.25, 0.3) is 0 Å². The van der Waals surface area contributed by atoms with Crippen LogP contribution >= 0.6 is 11.6 Å². The first-order chi connectivity index (χ1) is 12.8. The lowest BCUT2D eigenvalue weighted by Crippen LogP contribution is -2.24. The van der Waals surface area contributed by atoms with E-state index in [2.05, 4.69) is 5.32 Å². The maximum Gasteiger partial charge on any atom is 0.344 e. The van der Waals surface area contributed by atoms with Crippen molar-refractivity contribution in [2.75, 3.05) is 18.5 Å². The molecule has 0 aliphatic rings.